The molecule has 0 N–H and O–H groups in total. The van der Waals surface area contributed by atoms with Gasteiger partial charge in [-0.05, 0) is 91.9 Å². The third-order valence-electron chi connectivity index (χ3n) is 9.87. The van der Waals surface area contributed by atoms with Crippen LogP contribution >= 0.6 is 0 Å². The first kappa shape index (κ1) is 47.3. The number of hydroxylamine groups is 4. The second-order valence-electron chi connectivity index (χ2n) is 18.9. The molecule has 0 aromatic heterocycles. The molecule has 0 aromatic carbocycles. The first-order valence-corrected chi connectivity index (χ1v) is 19.1. The SMILES string of the molecule is CC(C)(CCC(=O)OCCC(C)(C)OCCC(C)(C)OC(=O)CCC(C)(C)CC(C)(C)C(=O)ON1C(=O)CCC1=O)CC(C)(C)C(=O)ON1C(=O)CCC1=O. The molecule has 0 atom stereocenters. The lowest BCUT2D eigenvalue weighted by Crippen LogP contribution is -2.39. The minimum absolute atomic E-state index is 0.0148. The van der Waals surface area contributed by atoms with E-state index in [9.17, 15) is 38.4 Å². The van der Waals surface area contributed by atoms with Gasteiger partial charge in [-0.1, -0.05) is 27.7 Å². The Balaban J connectivity index is 1.70. The van der Waals surface area contributed by atoms with Gasteiger partial charge in [0.25, 0.3) is 23.6 Å². The highest BCUT2D eigenvalue weighted by Crippen LogP contribution is 2.40. The number of nitrogens with zero attached hydrogens (tertiary/aromatic N) is 2. The highest BCUT2D eigenvalue weighted by Gasteiger charge is 2.42. The van der Waals surface area contributed by atoms with E-state index in [1.54, 1.807) is 41.5 Å². The molecule has 0 aliphatic carbocycles. The molecule has 0 bridgehead atoms. The zero-order chi connectivity index (χ0) is 42.2. The van der Waals surface area contributed by atoms with Gasteiger partial charge in [0, 0.05) is 51.4 Å². The molecule has 15 nitrogen and oxygen atoms in total. The molecule has 0 spiro atoms. The van der Waals surface area contributed by atoms with Crippen molar-refractivity contribution in [3.63, 3.8) is 0 Å². The van der Waals surface area contributed by atoms with Crippen LogP contribution in [0.4, 0.5) is 0 Å². The van der Waals surface area contributed by atoms with E-state index in [1.165, 1.54) is 0 Å². The molecule has 0 saturated carbocycles. The molecule has 2 heterocycles. The lowest BCUT2D eigenvalue weighted by molar-refractivity contribution is -0.205. The van der Waals surface area contributed by atoms with E-state index in [0.717, 1.165) is 0 Å². The Morgan fingerprint density at radius 3 is 1.27 bits per heavy atom. The minimum atomic E-state index is -1.02. The van der Waals surface area contributed by atoms with Crippen molar-refractivity contribution in [2.45, 2.75) is 171 Å². The van der Waals surface area contributed by atoms with E-state index in [-0.39, 0.29) is 63.7 Å². The van der Waals surface area contributed by atoms with Crippen LogP contribution in [0.1, 0.15) is 160 Å². The molecular formula is C40H64N2O13. The summed E-state index contributed by atoms with van der Waals surface area (Å²) in [6.07, 6.45) is 2.71. The molecule has 55 heavy (non-hydrogen) atoms. The highest BCUT2D eigenvalue weighted by atomic mass is 16.7. The lowest BCUT2D eigenvalue weighted by Gasteiger charge is -2.34. The summed E-state index contributed by atoms with van der Waals surface area (Å²) in [5.41, 5.74) is -4.40. The molecule has 15 heteroatoms. The van der Waals surface area contributed by atoms with Gasteiger partial charge in [0.15, 0.2) is 0 Å². The van der Waals surface area contributed by atoms with E-state index in [2.05, 4.69) is 0 Å². The Kier molecular flexibility index (Phi) is 15.8. The van der Waals surface area contributed by atoms with Crippen molar-refractivity contribution >= 4 is 47.5 Å². The molecule has 2 aliphatic rings. The molecule has 0 aromatic rings. The normalized spacial score (nSPS) is 16.1. The van der Waals surface area contributed by atoms with Gasteiger partial charge in [-0.15, -0.1) is 10.1 Å². The van der Waals surface area contributed by atoms with Gasteiger partial charge in [-0.3, -0.25) is 28.8 Å². The fourth-order valence-corrected chi connectivity index (χ4v) is 6.86. The third kappa shape index (κ3) is 15.6. The molecule has 2 fully saturated rings. The van der Waals surface area contributed by atoms with E-state index < -0.39 is 68.4 Å². The summed E-state index contributed by atoms with van der Waals surface area (Å²) in [4.78, 5) is 109. The quantitative estimate of drug-likeness (QED) is 0.0908. The lowest BCUT2D eigenvalue weighted by atomic mass is 9.73. The number of hydrogen-bond acceptors (Lipinski definition) is 13. The second-order valence-corrected chi connectivity index (χ2v) is 18.9. The Morgan fingerprint density at radius 2 is 0.873 bits per heavy atom. The molecule has 0 unspecified atom stereocenters. The summed E-state index contributed by atoms with van der Waals surface area (Å²) in [6.45, 7) is 22.2. The number of amides is 4. The molecule has 2 saturated heterocycles. The first-order chi connectivity index (χ1) is 25.0. The van der Waals surface area contributed by atoms with Crippen molar-refractivity contribution in [1.29, 1.82) is 0 Å². The summed E-state index contributed by atoms with van der Waals surface area (Å²) in [5.74, 6) is -4.30. The first-order valence-electron chi connectivity index (χ1n) is 19.1. The van der Waals surface area contributed by atoms with Gasteiger partial charge in [-0.2, -0.15) is 0 Å². The Labute approximate surface area is 325 Å². The maximum atomic E-state index is 12.8. The summed E-state index contributed by atoms with van der Waals surface area (Å²) in [5, 5.41) is 1.09. The van der Waals surface area contributed by atoms with E-state index in [0.29, 0.717) is 48.7 Å². The smallest absolute Gasteiger partial charge is 0.338 e. The van der Waals surface area contributed by atoms with Gasteiger partial charge >= 0.3 is 23.9 Å². The second kappa shape index (κ2) is 18.4. The zero-order valence-corrected chi connectivity index (χ0v) is 35.1. The molecule has 2 rings (SSSR count). The maximum Gasteiger partial charge on any atom is 0.338 e. The minimum Gasteiger partial charge on any atom is -0.466 e. The van der Waals surface area contributed by atoms with Crippen LogP contribution in [0.3, 0.4) is 0 Å². The molecule has 4 amide bonds. The molecule has 2 aliphatic heterocycles. The van der Waals surface area contributed by atoms with Crippen LogP contribution in [0.5, 0.6) is 0 Å². The average Bonchev–Trinajstić information content (AvgIpc) is 3.51. The van der Waals surface area contributed by atoms with Crippen molar-refractivity contribution in [3.05, 3.63) is 0 Å². The predicted octanol–water partition coefficient (Wildman–Crippen LogP) is 6.09. The molecular weight excluding hydrogens is 716 g/mol. The largest absolute Gasteiger partial charge is 0.466 e. The van der Waals surface area contributed by atoms with Crippen LogP contribution < -0.4 is 0 Å². The number of carbonyl (C=O) groups excluding carboxylic acids is 8. The summed E-state index contributed by atoms with van der Waals surface area (Å²) < 4.78 is 17.3. The Bertz CT molecular complexity index is 1440. The number of esters is 2. The van der Waals surface area contributed by atoms with Gasteiger partial charge in [0.05, 0.1) is 29.6 Å². The number of ether oxygens (including phenoxy) is 3. The van der Waals surface area contributed by atoms with E-state index in [4.69, 9.17) is 23.9 Å². The van der Waals surface area contributed by atoms with Gasteiger partial charge in [0.2, 0.25) is 0 Å². The Morgan fingerprint density at radius 1 is 0.509 bits per heavy atom. The summed E-state index contributed by atoms with van der Waals surface area (Å²) >= 11 is 0. The van der Waals surface area contributed by atoms with Crippen LogP contribution in [0.15, 0.2) is 0 Å². The highest BCUT2D eigenvalue weighted by molar-refractivity contribution is 6.02. The summed E-state index contributed by atoms with van der Waals surface area (Å²) in [6, 6.07) is 0. The topological polar surface area (TPSA) is 189 Å². The van der Waals surface area contributed by atoms with Gasteiger partial charge in [0.1, 0.15) is 5.60 Å². The molecule has 0 radical (unpaired) electrons. The third-order valence-corrected chi connectivity index (χ3v) is 9.87. The molecule has 312 valence electrons. The standard InChI is InChI=1S/C40H64N2O13/c1-35(2,25-37(5,6)33(49)54-41-27(43)13-14-28(41)44)19-17-31(47)51-23-21-39(9,10)52-24-22-40(11,12)53-32(48)18-20-36(3,4)26-38(7,8)34(50)55-42-29(45)15-16-30(42)46/h13-26H2,1-12H3. The number of hydrogen-bond donors (Lipinski definition) is 0. The van der Waals surface area contributed by atoms with Crippen molar-refractivity contribution < 1.29 is 62.2 Å². The van der Waals surface area contributed by atoms with E-state index >= 15 is 0 Å². The fraction of sp³-hybridized carbons (Fsp3) is 0.800. The van der Waals surface area contributed by atoms with Crippen molar-refractivity contribution in [2.75, 3.05) is 13.2 Å². The summed E-state index contributed by atoms with van der Waals surface area (Å²) in [7, 11) is 0. The van der Waals surface area contributed by atoms with Crippen LogP contribution in [0.25, 0.3) is 0 Å². The van der Waals surface area contributed by atoms with Gasteiger partial charge in [-0.25, -0.2) is 9.59 Å². The van der Waals surface area contributed by atoms with Crippen LogP contribution in [-0.4, -0.2) is 82.0 Å². The van der Waals surface area contributed by atoms with Crippen LogP contribution in [0, 0.1) is 21.7 Å². The fourth-order valence-electron chi connectivity index (χ4n) is 6.86. The van der Waals surface area contributed by atoms with Crippen LogP contribution in [-0.2, 0) is 62.2 Å². The average molecular weight is 781 g/mol. The monoisotopic (exact) mass is 780 g/mol. The van der Waals surface area contributed by atoms with Crippen molar-refractivity contribution in [3.8, 4) is 0 Å². The zero-order valence-electron chi connectivity index (χ0n) is 35.1. The van der Waals surface area contributed by atoms with E-state index in [1.807, 2.05) is 41.5 Å². The Hall–Kier alpha value is -3.88. The predicted molar refractivity (Wildman–Crippen MR) is 198 cm³/mol. The van der Waals surface area contributed by atoms with Crippen molar-refractivity contribution in [2.24, 2.45) is 21.7 Å². The van der Waals surface area contributed by atoms with Crippen molar-refractivity contribution in [1.82, 2.24) is 10.1 Å². The number of rotatable bonds is 22. The maximum absolute atomic E-state index is 12.8. The van der Waals surface area contributed by atoms with Gasteiger partial charge < -0.3 is 23.9 Å². The van der Waals surface area contributed by atoms with Crippen LogP contribution in [0.2, 0.25) is 0 Å². The number of imide groups is 2. The number of carbonyl (C=O) groups is 8.